The second kappa shape index (κ2) is 3.09. The average Bonchev–Trinajstić information content (AvgIpc) is 2.55. The number of hydrogen-bond acceptors (Lipinski definition) is 2. The smallest absolute Gasteiger partial charge is 0.0963 e. The van der Waals surface area contributed by atoms with E-state index in [1.807, 2.05) is 19.9 Å². The maximum Gasteiger partial charge on any atom is 0.0963 e. The van der Waals surface area contributed by atoms with Crippen LogP contribution in [0.15, 0.2) is 23.0 Å². The van der Waals surface area contributed by atoms with E-state index in [-0.39, 0.29) is 0 Å². The lowest BCUT2D eigenvalue weighted by molar-refractivity contribution is 0.0278. The molecule has 0 aliphatic carbocycles. The van der Waals surface area contributed by atoms with E-state index in [0.717, 1.165) is 18.4 Å². The number of rotatable bonds is 3. The summed E-state index contributed by atoms with van der Waals surface area (Å²) in [5.41, 5.74) is 0.190. The minimum atomic E-state index is -0.687. The fourth-order valence-corrected chi connectivity index (χ4v) is 1.19. The molecule has 1 rings (SSSR count). The van der Waals surface area contributed by atoms with E-state index in [4.69, 9.17) is 4.42 Å². The van der Waals surface area contributed by atoms with Gasteiger partial charge in [0, 0.05) is 5.56 Å². The van der Waals surface area contributed by atoms with E-state index in [1.54, 1.807) is 12.5 Å². The van der Waals surface area contributed by atoms with E-state index in [9.17, 15) is 5.11 Å². The molecule has 1 aromatic heterocycles. The third-order valence-corrected chi connectivity index (χ3v) is 2.23. The van der Waals surface area contributed by atoms with E-state index >= 15 is 0 Å². The molecule has 2 heteroatoms. The van der Waals surface area contributed by atoms with Crippen LogP contribution in [0.5, 0.6) is 0 Å². The van der Waals surface area contributed by atoms with Gasteiger partial charge < -0.3 is 9.52 Å². The zero-order valence-electron chi connectivity index (χ0n) is 7.00. The predicted octanol–water partition coefficient (Wildman–Crippen LogP) is 2.29. The third-order valence-electron chi connectivity index (χ3n) is 2.23. The fraction of sp³-hybridized carbons (Fsp3) is 0.556. The van der Waals surface area contributed by atoms with Gasteiger partial charge in [-0.15, -0.1) is 0 Å². The van der Waals surface area contributed by atoms with Crippen molar-refractivity contribution in [3.63, 3.8) is 0 Å². The SMILES string of the molecule is CCC(O)(CC)c1ccoc1. The summed E-state index contributed by atoms with van der Waals surface area (Å²) in [7, 11) is 0. The lowest BCUT2D eigenvalue weighted by Crippen LogP contribution is -2.22. The van der Waals surface area contributed by atoms with Crippen LogP contribution in [0.3, 0.4) is 0 Å². The highest BCUT2D eigenvalue weighted by atomic mass is 16.3. The van der Waals surface area contributed by atoms with Crippen molar-refractivity contribution in [2.24, 2.45) is 0 Å². The minimum Gasteiger partial charge on any atom is -0.472 e. The first-order valence-corrected chi connectivity index (χ1v) is 3.98. The summed E-state index contributed by atoms with van der Waals surface area (Å²) >= 11 is 0. The molecule has 2 nitrogen and oxygen atoms in total. The molecule has 0 saturated carbocycles. The summed E-state index contributed by atoms with van der Waals surface area (Å²) in [4.78, 5) is 0. The zero-order chi connectivity index (χ0) is 8.32. The Hall–Kier alpha value is -0.760. The molecule has 0 aliphatic rings. The van der Waals surface area contributed by atoms with Gasteiger partial charge in [-0.2, -0.15) is 0 Å². The monoisotopic (exact) mass is 154 g/mol. The number of aliphatic hydroxyl groups is 1. The quantitative estimate of drug-likeness (QED) is 0.724. The number of hydrogen-bond donors (Lipinski definition) is 1. The lowest BCUT2D eigenvalue weighted by atomic mass is 9.91. The predicted molar refractivity (Wildman–Crippen MR) is 43.2 cm³/mol. The molecule has 0 aromatic carbocycles. The Bertz CT molecular complexity index is 197. The van der Waals surface area contributed by atoms with Crippen molar-refractivity contribution >= 4 is 0 Å². The Morgan fingerprint density at radius 1 is 1.45 bits per heavy atom. The minimum absolute atomic E-state index is 0.687. The van der Waals surface area contributed by atoms with Crippen molar-refractivity contribution in [1.82, 2.24) is 0 Å². The van der Waals surface area contributed by atoms with Crippen LogP contribution in [0.25, 0.3) is 0 Å². The van der Waals surface area contributed by atoms with Gasteiger partial charge in [0.1, 0.15) is 0 Å². The van der Waals surface area contributed by atoms with Crippen LogP contribution < -0.4 is 0 Å². The molecule has 0 radical (unpaired) electrons. The van der Waals surface area contributed by atoms with Gasteiger partial charge in [-0.3, -0.25) is 0 Å². The highest BCUT2D eigenvalue weighted by Gasteiger charge is 2.25. The van der Waals surface area contributed by atoms with Crippen LogP contribution in [0.2, 0.25) is 0 Å². The molecule has 1 N–H and O–H groups in total. The topological polar surface area (TPSA) is 33.4 Å². The largest absolute Gasteiger partial charge is 0.472 e. The lowest BCUT2D eigenvalue weighted by Gasteiger charge is -2.23. The van der Waals surface area contributed by atoms with Gasteiger partial charge in [0.25, 0.3) is 0 Å². The first-order valence-electron chi connectivity index (χ1n) is 3.98. The maximum absolute atomic E-state index is 9.93. The molecule has 0 unspecified atom stereocenters. The molecule has 0 aliphatic heterocycles. The van der Waals surface area contributed by atoms with Crippen LogP contribution in [-0.4, -0.2) is 5.11 Å². The summed E-state index contributed by atoms with van der Waals surface area (Å²) in [6.45, 7) is 3.94. The summed E-state index contributed by atoms with van der Waals surface area (Å²) in [5.74, 6) is 0. The van der Waals surface area contributed by atoms with Crippen molar-refractivity contribution in [3.05, 3.63) is 24.2 Å². The molecule has 0 saturated heterocycles. The second-order valence-corrected chi connectivity index (χ2v) is 2.75. The molecule has 1 heterocycles. The summed E-state index contributed by atoms with van der Waals surface area (Å²) < 4.78 is 4.90. The van der Waals surface area contributed by atoms with Crippen LogP contribution in [0.4, 0.5) is 0 Å². The zero-order valence-corrected chi connectivity index (χ0v) is 7.00. The van der Waals surface area contributed by atoms with Gasteiger partial charge in [-0.25, -0.2) is 0 Å². The van der Waals surface area contributed by atoms with Crippen LogP contribution in [0, 0.1) is 0 Å². The van der Waals surface area contributed by atoms with Gasteiger partial charge in [-0.1, -0.05) is 13.8 Å². The second-order valence-electron chi connectivity index (χ2n) is 2.75. The Labute approximate surface area is 66.8 Å². The first-order chi connectivity index (χ1) is 5.23. The molecule has 1 aromatic rings. The molecule has 0 bridgehead atoms. The van der Waals surface area contributed by atoms with Crippen molar-refractivity contribution in [3.8, 4) is 0 Å². The van der Waals surface area contributed by atoms with E-state index in [2.05, 4.69) is 0 Å². The molecule has 0 atom stereocenters. The Kier molecular flexibility index (Phi) is 2.35. The molecule has 0 spiro atoms. The molecule has 62 valence electrons. The molecule has 0 amide bonds. The van der Waals surface area contributed by atoms with E-state index in [0.29, 0.717) is 0 Å². The fourth-order valence-electron chi connectivity index (χ4n) is 1.19. The van der Waals surface area contributed by atoms with E-state index in [1.165, 1.54) is 0 Å². The third kappa shape index (κ3) is 1.46. The van der Waals surface area contributed by atoms with Crippen LogP contribution >= 0.6 is 0 Å². The first kappa shape index (κ1) is 8.34. The summed E-state index contributed by atoms with van der Waals surface area (Å²) in [5, 5.41) is 9.93. The normalized spacial score (nSPS) is 11.9. The summed E-state index contributed by atoms with van der Waals surface area (Å²) in [6, 6.07) is 1.81. The maximum atomic E-state index is 9.93. The molecular formula is C9H14O2. The van der Waals surface area contributed by atoms with Crippen LogP contribution in [0.1, 0.15) is 32.3 Å². The van der Waals surface area contributed by atoms with Gasteiger partial charge in [0.05, 0.1) is 18.1 Å². The Morgan fingerprint density at radius 2 is 2.09 bits per heavy atom. The Balaban J connectivity index is 2.87. The molecule has 0 fully saturated rings. The molecule has 11 heavy (non-hydrogen) atoms. The summed E-state index contributed by atoms with van der Waals surface area (Å²) in [6.07, 6.45) is 4.64. The van der Waals surface area contributed by atoms with Crippen molar-refractivity contribution < 1.29 is 9.52 Å². The number of furan rings is 1. The van der Waals surface area contributed by atoms with Crippen LogP contribution in [-0.2, 0) is 5.60 Å². The molecular weight excluding hydrogens is 140 g/mol. The van der Waals surface area contributed by atoms with Crippen molar-refractivity contribution in [2.75, 3.05) is 0 Å². The average molecular weight is 154 g/mol. The Morgan fingerprint density at radius 3 is 2.45 bits per heavy atom. The van der Waals surface area contributed by atoms with Gasteiger partial charge >= 0.3 is 0 Å². The van der Waals surface area contributed by atoms with Crippen molar-refractivity contribution in [1.29, 1.82) is 0 Å². The van der Waals surface area contributed by atoms with Gasteiger partial charge in [0.15, 0.2) is 0 Å². The highest BCUT2D eigenvalue weighted by molar-refractivity contribution is 5.15. The standard InChI is InChI=1S/C9H14O2/c1-3-9(10,4-2)8-5-6-11-7-8/h5-7,10H,3-4H2,1-2H3. The van der Waals surface area contributed by atoms with E-state index < -0.39 is 5.60 Å². The van der Waals surface area contributed by atoms with Gasteiger partial charge in [-0.05, 0) is 18.9 Å². The van der Waals surface area contributed by atoms with Crippen molar-refractivity contribution in [2.45, 2.75) is 32.3 Å². The van der Waals surface area contributed by atoms with Gasteiger partial charge in [0.2, 0.25) is 0 Å². The highest BCUT2D eigenvalue weighted by Crippen LogP contribution is 2.28.